The number of fused-ring (bicyclic) bond motifs is 1. The van der Waals surface area contributed by atoms with Gasteiger partial charge in [-0.15, -0.1) is 0 Å². The van der Waals surface area contributed by atoms with Crippen molar-refractivity contribution in [3.05, 3.63) is 83.3 Å². The summed E-state index contributed by atoms with van der Waals surface area (Å²) in [6.07, 6.45) is 5.80. The fourth-order valence-electron chi connectivity index (χ4n) is 4.34. The van der Waals surface area contributed by atoms with Crippen molar-refractivity contribution in [1.29, 1.82) is 0 Å². The summed E-state index contributed by atoms with van der Waals surface area (Å²) in [6, 6.07) is 10.6. The minimum Gasteiger partial charge on any atom is -0.481 e. The Kier molecular flexibility index (Phi) is 6.28. The molecule has 2 aromatic carbocycles. The van der Waals surface area contributed by atoms with Crippen molar-refractivity contribution in [3.8, 4) is 0 Å². The SMILES string of the molecule is O=C(O)C1(CCCc2c(F)cnc3ccccc23)CN(C/C=C/c2cc(F)ccc2F)C1. The number of benzene rings is 2. The van der Waals surface area contributed by atoms with Crippen molar-refractivity contribution in [2.24, 2.45) is 5.41 Å². The molecule has 0 aliphatic carbocycles. The van der Waals surface area contributed by atoms with E-state index in [1.807, 2.05) is 29.2 Å². The van der Waals surface area contributed by atoms with Gasteiger partial charge in [0.2, 0.25) is 0 Å². The molecule has 1 aromatic heterocycles. The van der Waals surface area contributed by atoms with E-state index in [-0.39, 0.29) is 11.4 Å². The highest BCUT2D eigenvalue weighted by molar-refractivity contribution is 5.82. The molecule has 1 saturated heterocycles. The topological polar surface area (TPSA) is 53.4 Å². The molecular formula is C25H23F3N2O2. The first-order chi connectivity index (χ1) is 15.4. The van der Waals surface area contributed by atoms with Gasteiger partial charge in [-0.3, -0.25) is 14.7 Å². The third-order valence-electron chi connectivity index (χ3n) is 6.04. The Labute approximate surface area is 184 Å². The van der Waals surface area contributed by atoms with Crippen molar-refractivity contribution in [1.82, 2.24) is 9.88 Å². The van der Waals surface area contributed by atoms with Crippen LogP contribution >= 0.6 is 0 Å². The largest absolute Gasteiger partial charge is 0.481 e. The maximum absolute atomic E-state index is 14.3. The van der Waals surface area contributed by atoms with Crippen LogP contribution in [0.5, 0.6) is 0 Å². The minimum atomic E-state index is -0.878. The summed E-state index contributed by atoms with van der Waals surface area (Å²) in [6.45, 7) is 1.16. The molecule has 1 fully saturated rings. The van der Waals surface area contributed by atoms with Gasteiger partial charge in [0.15, 0.2) is 0 Å². The number of carboxylic acid groups (broad SMARTS) is 1. The summed E-state index contributed by atoms with van der Waals surface area (Å²) in [5, 5.41) is 10.5. The zero-order chi connectivity index (χ0) is 22.7. The number of pyridine rings is 1. The monoisotopic (exact) mass is 440 g/mol. The number of para-hydroxylation sites is 1. The number of carboxylic acids is 1. The third kappa shape index (κ3) is 4.53. The van der Waals surface area contributed by atoms with Crippen LogP contribution in [0.25, 0.3) is 17.0 Å². The summed E-state index contributed by atoms with van der Waals surface area (Å²) in [5.74, 6) is -2.27. The average Bonchev–Trinajstić information content (AvgIpc) is 2.74. The zero-order valence-corrected chi connectivity index (χ0v) is 17.4. The molecule has 1 aliphatic heterocycles. The Morgan fingerprint density at radius 3 is 2.69 bits per heavy atom. The van der Waals surface area contributed by atoms with Gasteiger partial charge in [-0.2, -0.15) is 0 Å². The highest BCUT2D eigenvalue weighted by atomic mass is 19.1. The molecule has 1 aliphatic rings. The molecule has 0 bridgehead atoms. The number of aliphatic carboxylic acids is 1. The molecule has 0 spiro atoms. The summed E-state index contributed by atoms with van der Waals surface area (Å²) in [7, 11) is 0. The third-order valence-corrected chi connectivity index (χ3v) is 6.04. The molecule has 0 unspecified atom stereocenters. The number of rotatable bonds is 8. The van der Waals surface area contributed by atoms with Gasteiger partial charge in [0.25, 0.3) is 0 Å². The molecule has 0 saturated carbocycles. The highest BCUT2D eigenvalue weighted by Crippen LogP contribution is 2.36. The van der Waals surface area contributed by atoms with E-state index >= 15 is 0 Å². The lowest BCUT2D eigenvalue weighted by Crippen LogP contribution is -2.60. The van der Waals surface area contributed by atoms with E-state index in [4.69, 9.17) is 0 Å². The Bertz CT molecular complexity index is 1170. The van der Waals surface area contributed by atoms with E-state index in [0.29, 0.717) is 50.0 Å². The van der Waals surface area contributed by atoms with E-state index in [0.717, 1.165) is 23.6 Å². The van der Waals surface area contributed by atoms with Crippen molar-refractivity contribution < 1.29 is 23.1 Å². The Balaban J connectivity index is 1.35. The van der Waals surface area contributed by atoms with Gasteiger partial charge in [0.05, 0.1) is 17.1 Å². The van der Waals surface area contributed by atoms with E-state index < -0.39 is 23.0 Å². The molecule has 4 nitrogen and oxygen atoms in total. The number of aryl methyl sites for hydroxylation is 1. The molecule has 3 aromatic rings. The molecule has 0 radical (unpaired) electrons. The van der Waals surface area contributed by atoms with Gasteiger partial charge in [0.1, 0.15) is 17.5 Å². The summed E-state index contributed by atoms with van der Waals surface area (Å²) in [4.78, 5) is 18.0. The number of likely N-dealkylation sites (tertiary alicyclic amines) is 1. The summed E-state index contributed by atoms with van der Waals surface area (Å²) < 4.78 is 41.3. The number of carbonyl (C=O) groups is 1. The lowest BCUT2D eigenvalue weighted by atomic mass is 9.75. The number of hydrogen-bond acceptors (Lipinski definition) is 3. The van der Waals surface area contributed by atoms with Gasteiger partial charge >= 0.3 is 5.97 Å². The molecule has 1 N–H and O–H groups in total. The second-order valence-electron chi connectivity index (χ2n) is 8.28. The minimum absolute atomic E-state index is 0.154. The van der Waals surface area contributed by atoms with Crippen LogP contribution in [-0.4, -0.2) is 40.6 Å². The van der Waals surface area contributed by atoms with E-state index in [9.17, 15) is 23.1 Å². The first-order valence-electron chi connectivity index (χ1n) is 10.5. The Hall–Kier alpha value is -3.19. The van der Waals surface area contributed by atoms with E-state index in [2.05, 4.69) is 4.98 Å². The molecule has 2 heterocycles. The number of halogens is 3. The molecule has 4 rings (SSSR count). The maximum Gasteiger partial charge on any atom is 0.312 e. The molecule has 0 atom stereocenters. The van der Waals surface area contributed by atoms with Crippen LogP contribution < -0.4 is 0 Å². The Morgan fingerprint density at radius 2 is 1.91 bits per heavy atom. The van der Waals surface area contributed by atoms with Gasteiger partial charge in [-0.1, -0.05) is 30.4 Å². The second kappa shape index (κ2) is 9.12. The number of aromatic nitrogens is 1. The van der Waals surface area contributed by atoms with Crippen LogP contribution in [-0.2, 0) is 11.2 Å². The quantitative estimate of drug-likeness (QED) is 0.531. The van der Waals surface area contributed by atoms with Gasteiger partial charge in [0, 0.05) is 30.6 Å². The van der Waals surface area contributed by atoms with E-state index in [1.54, 1.807) is 6.08 Å². The predicted octanol–water partition coefficient (Wildman–Crippen LogP) is 5.07. The van der Waals surface area contributed by atoms with Gasteiger partial charge < -0.3 is 5.11 Å². The first kappa shape index (κ1) is 22.0. The highest BCUT2D eigenvalue weighted by Gasteiger charge is 2.48. The molecule has 166 valence electrons. The lowest BCUT2D eigenvalue weighted by Gasteiger charge is -2.47. The zero-order valence-electron chi connectivity index (χ0n) is 17.4. The van der Waals surface area contributed by atoms with Crippen LogP contribution in [0.15, 0.2) is 54.7 Å². The normalized spacial score (nSPS) is 15.8. The second-order valence-corrected chi connectivity index (χ2v) is 8.28. The molecule has 7 heteroatoms. The first-order valence-corrected chi connectivity index (χ1v) is 10.5. The maximum atomic E-state index is 14.3. The number of nitrogens with zero attached hydrogens (tertiary/aromatic N) is 2. The van der Waals surface area contributed by atoms with Crippen molar-refractivity contribution >= 4 is 22.9 Å². The average molecular weight is 440 g/mol. The van der Waals surface area contributed by atoms with Crippen molar-refractivity contribution in [2.75, 3.05) is 19.6 Å². The fourth-order valence-corrected chi connectivity index (χ4v) is 4.34. The predicted molar refractivity (Wildman–Crippen MR) is 117 cm³/mol. The summed E-state index contributed by atoms with van der Waals surface area (Å²) in [5.41, 5.74) is 0.555. The molecular weight excluding hydrogens is 417 g/mol. The van der Waals surface area contributed by atoms with Crippen molar-refractivity contribution in [3.63, 3.8) is 0 Å². The van der Waals surface area contributed by atoms with Gasteiger partial charge in [-0.05, 0) is 49.1 Å². The standard InChI is InChI=1S/C25H23F3N2O2/c26-18-9-10-21(27)17(13-18)5-4-12-30-15-25(16-30,24(31)32)11-3-7-19-20-6-1-2-8-23(20)29-14-22(19)28/h1-2,4-6,8-10,13-14H,3,7,11-12,15-16H2,(H,31,32)/b5-4+. The smallest absolute Gasteiger partial charge is 0.312 e. The van der Waals surface area contributed by atoms with Crippen LogP contribution in [0.3, 0.4) is 0 Å². The fraction of sp³-hybridized carbons (Fsp3) is 0.280. The van der Waals surface area contributed by atoms with Crippen molar-refractivity contribution in [2.45, 2.75) is 19.3 Å². The van der Waals surface area contributed by atoms with Crippen LogP contribution in [0, 0.1) is 22.9 Å². The number of hydrogen-bond donors (Lipinski definition) is 1. The molecule has 32 heavy (non-hydrogen) atoms. The van der Waals surface area contributed by atoms with Gasteiger partial charge in [-0.25, -0.2) is 13.2 Å². The lowest BCUT2D eigenvalue weighted by molar-refractivity contribution is -0.161. The van der Waals surface area contributed by atoms with Crippen LogP contribution in [0.1, 0.15) is 24.0 Å². The summed E-state index contributed by atoms with van der Waals surface area (Å²) >= 11 is 0. The molecule has 0 amide bonds. The van der Waals surface area contributed by atoms with E-state index in [1.165, 1.54) is 12.3 Å². The van der Waals surface area contributed by atoms with Crippen LogP contribution in [0.4, 0.5) is 13.2 Å². The van der Waals surface area contributed by atoms with Crippen LogP contribution in [0.2, 0.25) is 0 Å². The Morgan fingerprint density at radius 1 is 1.12 bits per heavy atom.